The number of hydrogen-bond donors (Lipinski definition) is 0. The van der Waals surface area contributed by atoms with Gasteiger partial charge in [-0.2, -0.15) is 0 Å². The Kier molecular flexibility index (Phi) is 4.15. The average Bonchev–Trinajstić information content (AvgIpc) is 0.722. The van der Waals surface area contributed by atoms with Crippen LogP contribution in [0.3, 0.4) is 0 Å². The van der Waals surface area contributed by atoms with E-state index < -0.39 is 10.1 Å². The number of hydrogen-bond acceptors (Lipinski definition) is 3. The maximum atomic E-state index is 9.08. The summed E-state index contributed by atoms with van der Waals surface area (Å²) in [6.45, 7) is 0. The van der Waals surface area contributed by atoms with E-state index in [2.05, 4.69) is 0 Å². The van der Waals surface area contributed by atoms with Gasteiger partial charge in [0.2, 0.25) is 0 Å². The minimum Gasteiger partial charge on any atom is -0.748 e. The van der Waals surface area contributed by atoms with Crippen molar-refractivity contribution in [1.29, 1.82) is 0 Å². The van der Waals surface area contributed by atoms with Crippen LogP contribution in [-0.4, -0.2) is 19.2 Å². The third kappa shape index (κ3) is 282. The maximum Gasteiger partial charge on any atom is 3.00 e. The molecule has 0 aromatic heterocycles. The molecule has 0 fully saturated rings. The van der Waals surface area contributed by atoms with Crippen LogP contribution in [0.1, 0.15) is 0 Å². The molecule has 1 radical (unpaired) electrons. The van der Waals surface area contributed by atoms with Crippen LogP contribution < -0.4 is 0 Å². The molecule has 0 aliphatic carbocycles. The first-order chi connectivity index (χ1) is 2.00. The molecule has 0 heterocycles. The van der Waals surface area contributed by atoms with Crippen LogP contribution in [0.15, 0.2) is 0 Å². The molecule has 0 aromatic rings. The molecule has 3 nitrogen and oxygen atoms in total. The van der Waals surface area contributed by atoms with Crippen molar-refractivity contribution >= 4 is 10.1 Å². The molecule has 0 saturated heterocycles. The van der Waals surface area contributed by atoms with Crippen molar-refractivity contribution < 1.29 is 30.0 Å². The van der Waals surface area contributed by atoms with Crippen molar-refractivity contribution in [2.45, 2.75) is 0 Å². The Morgan fingerprint density at radius 3 is 1.50 bits per heavy atom. The van der Waals surface area contributed by atoms with E-state index in [9.17, 15) is 0 Å². The van der Waals surface area contributed by atoms with Gasteiger partial charge in [-0.3, -0.25) is 0 Å². The summed E-state index contributed by atoms with van der Waals surface area (Å²) in [4.78, 5) is 0. The van der Waals surface area contributed by atoms with Crippen LogP contribution in [0, 0.1) is 0 Å². The van der Waals surface area contributed by atoms with Crippen LogP contribution >= 0.6 is 0 Å². The Labute approximate surface area is 47.0 Å². The Morgan fingerprint density at radius 1 is 1.50 bits per heavy atom. The quantitative estimate of drug-likeness (QED) is 0.335. The van der Waals surface area contributed by atoms with Gasteiger partial charge in [-0.1, -0.05) is 0 Å². The van der Waals surface area contributed by atoms with Gasteiger partial charge in [-0.15, -0.1) is 0 Å². The van der Waals surface area contributed by atoms with Crippen molar-refractivity contribution in [2.24, 2.45) is 0 Å². The summed E-state index contributed by atoms with van der Waals surface area (Å²) < 4.78 is 27.2. The molecule has 0 saturated carbocycles. The molecule has 0 atom stereocenters. The van der Waals surface area contributed by atoms with Gasteiger partial charge in [0, 0.05) is 6.26 Å². The van der Waals surface area contributed by atoms with Gasteiger partial charge >= 0.3 is 17.1 Å². The Balaban J connectivity index is 0. The first kappa shape index (κ1) is 9.66. The second-order valence-electron chi connectivity index (χ2n) is 0.704. The zero-order valence-electron chi connectivity index (χ0n) is 2.99. The predicted molar refractivity (Wildman–Crippen MR) is 15.6 cm³/mol. The van der Waals surface area contributed by atoms with Gasteiger partial charge in [-0.05, 0) is 0 Å². The van der Waals surface area contributed by atoms with Crippen LogP contribution in [0.2, 0.25) is 0 Å². The van der Waals surface area contributed by atoms with E-state index in [1.807, 2.05) is 0 Å². The summed E-state index contributed by atoms with van der Waals surface area (Å²) in [7, 11) is -3.92. The van der Waals surface area contributed by atoms with Crippen LogP contribution in [0.5, 0.6) is 0 Å². The molecule has 0 rings (SSSR count). The fourth-order valence-electron chi connectivity index (χ4n) is 0. The summed E-state index contributed by atoms with van der Waals surface area (Å²) in [5.74, 6) is 0. The molecule has 0 unspecified atom stereocenters. The normalized spacial score (nSPS) is 9.67. The minimum absolute atomic E-state index is 0. The molecule has 0 aromatic carbocycles. The second-order valence-corrected chi connectivity index (χ2v) is 2.11. The van der Waals surface area contributed by atoms with Gasteiger partial charge in [0.05, 0.1) is 10.1 Å². The Bertz CT molecular complexity index is 94.0. The molecule has 0 N–H and O–H groups in total. The van der Waals surface area contributed by atoms with E-state index in [4.69, 9.17) is 13.0 Å². The molecule has 0 amide bonds. The fourth-order valence-corrected chi connectivity index (χ4v) is 0. The third-order valence-electron chi connectivity index (χ3n) is 0. The van der Waals surface area contributed by atoms with Gasteiger partial charge in [0.15, 0.2) is 0 Å². The molecule has 0 aliphatic rings. The predicted octanol–water partition coefficient (Wildman–Crippen LogP) is -0.841. The summed E-state index contributed by atoms with van der Waals surface area (Å²) >= 11 is 0. The zero-order chi connectivity index (χ0) is 4.50. The molecule has 37 valence electrons. The molecular weight excluding hydrogens is 148 g/mol. The van der Waals surface area contributed by atoms with E-state index in [0.717, 1.165) is 0 Å². The zero-order valence-corrected chi connectivity index (χ0v) is 4.91. The van der Waals surface area contributed by atoms with Crippen LogP contribution in [0.25, 0.3) is 0 Å². The van der Waals surface area contributed by atoms with Crippen molar-refractivity contribution in [1.82, 2.24) is 0 Å². The van der Waals surface area contributed by atoms with E-state index in [1.54, 1.807) is 0 Å². The van der Waals surface area contributed by atoms with Gasteiger partial charge < -0.3 is 4.55 Å². The molecule has 6 heavy (non-hydrogen) atoms. The summed E-state index contributed by atoms with van der Waals surface area (Å²) in [6, 6.07) is 0. The molecular formula is CH3FeO3S+2. The van der Waals surface area contributed by atoms with Gasteiger partial charge in [0.1, 0.15) is 0 Å². The first-order valence-corrected chi connectivity index (χ1v) is 2.72. The SMILES string of the molecule is CS(=O)(=O)[O-].[Fe+3]. The summed E-state index contributed by atoms with van der Waals surface area (Å²) in [6.07, 6.45) is 0.604. The monoisotopic (exact) mass is 151 g/mol. The average molecular weight is 151 g/mol. The third-order valence-corrected chi connectivity index (χ3v) is 0. The standard InChI is InChI=1S/CH4O3S.Fe/c1-5(2,3)4;/h1H3,(H,2,3,4);/q;+3/p-1. The molecule has 0 spiro atoms. The van der Waals surface area contributed by atoms with E-state index in [0.29, 0.717) is 6.26 Å². The Hall–Kier alpha value is 0.429. The van der Waals surface area contributed by atoms with E-state index in [1.165, 1.54) is 0 Å². The van der Waals surface area contributed by atoms with Crippen molar-refractivity contribution in [3.8, 4) is 0 Å². The second kappa shape index (κ2) is 2.58. The van der Waals surface area contributed by atoms with Crippen molar-refractivity contribution in [3.63, 3.8) is 0 Å². The van der Waals surface area contributed by atoms with Gasteiger partial charge in [0.25, 0.3) is 0 Å². The van der Waals surface area contributed by atoms with E-state index in [-0.39, 0.29) is 17.1 Å². The minimum atomic E-state index is -3.92. The van der Waals surface area contributed by atoms with E-state index >= 15 is 0 Å². The molecule has 0 aliphatic heterocycles. The molecule has 5 heteroatoms. The number of rotatable bonds is 0. The van der Waals surface area contributed by atoms with Gasteiger partial charge in [-0.25, -0.2) is 8.42 Å². The smallest absolute Gasteiger partial charge is 0.748 e. The first-order valence-electron chi connectivity index (χ1n) is 0.908. The fraction of sp³-hybridized carbons (Fsp3) is 1.00. The van der Waals surface area contributed by atoms with Crippen molar-refractivity contribution in [3.05, 3.63) is 0 Å². The summed E-state index contributed by atoms with van der Waals surface area (Å²) in [5.41, 5.74) is 0. The Morgan fingerprint density at radius 2 is 1.50 bits per heavy atom. The summed E-state index contributed by atoms with van der Waals surface area (Å²) in [5, 5.41) is 0. The maximum absolute atomic E-state index is 9.08. The topological polar surface area (TPSA) is 57.2 Å². The van der Waals surface area contributed by atoms with Crippen molar-refractivity contribution in [2.75, 3.05) is 6.26 Å². The van der Waals surface area contributed by atoms with Crippen LogP contribution in [0.4, 0.5) is 0 Å². The van der Waals surface area contributed by atoms with Crippen LogP contribution in [-0.2, 0) is 27.2 Å². The molecule has 0 bridgehead atoms. The largest absolute Gasteiger partial charge is 3.00 e.